The zero-order valence-corrected chi connectivity index (χ0v) is 15.9. The molecule has 0 atom stereocenters. The molecule has 2 N–H and O–H groups in total. The molecule has 0 aliphatic rings. The van der Waals surface area contributed by atoms with Crippen LogP contribution in [0.3, 0.4) is 0 Å². The second-order valence-electron chi connectivity index (χ2n) is 6.46. The van der Waals surface area contributed by atoms with Gasteiger partial charge in [0.1, 0.15) is 5.75 Å². The molecule has 2 rings (SSSR count). The van der Waals surface area contributed by atoms with E-state index < -0.39 is 0 Å². The first-order valence-electron chi connectivity index (χ1n) is 8.27. The third kappa shape index (κ3) is 5.87. The summed E-state index contributed by atoms with van der Waals surface area (Å²) in [5.41, 5.74) is 3.66. The van der Waals surface area contributed by atoms with Crippen molar-refractivity contribution >= 4 is 28.9 Å². The van der Waals surface area contributed by atoms with Gasteiger partial charge < -0.3 is 10.1 Å². The molecular formula is C20H24N2O2S. The highest BCUT2D eigenvalue weighted by Crippen LogP contribution is 2.16. The summed E-state index contributed by atoms with van der Waals surface area (Å²) in [6.45, 7) is 8.85. The molecule has 0 aliphatic heterocycles. The number of hydrogen-bond acceptors (Lipinski definition) is 3. The lowest BCUT2D eigenvalue weighted by Crippen LogP contribution is -2.34. The summed E-state index contributed by atoms with van der Waals surface area (Å²) >= 11 is 5.23. The van der Waals surface area contributed by atoms with Crippen LogP contribution in [0.1, 0.15) is 35.3 Å². The van der Waals surface area contributed by atoms with Crippen molar-refractivity contribution in [1.29, 1.82) is 0 Å². The molecule has 2 aromatic carbocycles. The van der Waals surface area contributed by atoms with Crippen LogP contribution in [0.25, 0.3) is 0 Å². The molecule has 1 amide bonds. The Morgan fingerprint density at radius 3 is 2.40 bits per heavy atom. The topological polar surface area (TPSA) is 50.4 Å². The van der Waals surface area contributed by atoms with Gasteiger partial charge >= 0.3 is 0 Å². The monoisotopic (exact) mass is 356 g/mol. The van der Waals surface area contributed by atoms with Crippen LogP contribution in [0.5, 0.6) is 5.75 Å². The fourth-order valence-corrected chi connectivity index (χ4v) is 2.45. The van der Waals surface area contributed by atoms with Gasteiger partial charge in [0.25, 0.3) is 5.91 Å². The summed E-state index contributed by atoms with van der Waals surface area (Å²) in [5.74, 6) is 0.954. The molecule has 4 nitrogen and oxygen atoms in total. The molecule has 0 heterocycles. The minimum absolute atomic E-state index is 0.252. The van der Waals surface area contributed by atoms with Crippen molar-refractivity contribution < 1.29 is 9.53 Å². The SMILES string of the molecule is Cc1ccc(NC(=S)NC(=O)c2ccc(OCC(C)C)cc2)c(C)c1. The quantitative estimate of drug-likeness (QED) is 0.777. The van der Waals surface area contributed by atoms with Crippen molar-refractivity contribution in [2.75, 3.05) is 11.9 Å². The van der Waals surface area contributed by atoms with Crippen molar-refractivity contribution in [1.82, 2.24) is 5.32 Å². The number of thiocarbonyl (C=S) groups is 1. The number of aryl methyl sites for hydroxylation is 2. The number of benzene rings is 2. The molecule has 0 saturated carbocycles. The van der Waals surface area contributed by atoms with E-state index >= 15 is 0 Å². The highest BCUT2D eigenvalue weighted by atomic mass is 32.1. The van der Waals surface area contributed by atoms with Gasteiger partial charge in [-0.25, -0.2) is 0 Å². The molecule has 0 bridgehead atoms. The van der Waals surface area contributed by atoms with Gasteiger partial charge in [0.2, 0.25) is 0 Å². The van der Waals surface area contributed by atoms with E-state index in [2.05, 4.69) is 30.5 Å². The van der Waals surface area contributed by atoms with E-state index in [9.17, 15) is 4.79 Å². The maximum absolute atomic E-state index is 12.3. The zero-order chi connectivity index (χ0) is 18.4. The van der Waals surface area contributed by atoms with Gasteiger partial charge in [0.05, 0.1) is 6.61 Å². The Bertz CT molecular complexity index is 755. The standard InChI is InChI=1S/C20H24N2O2S/c1-13(2)12-24-17-8-6-16(7-9-17)19(23)22-20(25)21-18-10-5-14(3)11-15(18)4/h5-11,13H,12H2,1-4H3,(H2,21,22,23,25). The van der Waals surface area contributed by atoms with Crippen LogP contribution >= 0.6 is 12.2 Å². The van der Waals surface area contributed by atoms with E-state index in [1.807, 2.05) is 26.0 Å². The number of hydrogen-bond donors (Lipinski definition) is 2. The summed E-state index contributed by atoms with van der Waals surface area (Å²) in [6, 6.07) is 13.0. The number of carbonyl (C=O) groups is 1. The Morgan fingerprint density at radius 2 is 1.80 bits per heavy atom. The van der Waals surface area contributed by atoms with Crippen molar-refractivity contribution in [3.63, 3.8) is 0 Å². The molecular weight excluding hydrogens is 332 g/mol. The van der Waals surface area contributed by atoms with E-state index in [0.29, 0.717) is 18.1 Å². The first-order valence-corrected chi connectivity index (χ1v) is 8.68. The molecule has 0 radical (unpaired) electrons. The van der Waals surface area contributed by atoms with Crippen molar-refractivity contribution in [2.24, 2.45) is 5.92 Å². The third-order valence-corrected chi connectivity index (χ3v) is 3.76. The summed E-state index contributed by atoms with van der Waals surface area (Å²) < 4.78 is 5.62. The first-order chi connectivity index (χ1) is 11.8. The van der Waals surface area contributed by atoms with Crippen molar-refractivity contribution in [2.45, 2.75) is 27.7 Å². The van der Waals surface area contributed by atoms with Gasteiger partial charge in [0.15, 0.2) is 5.11 Å². The molecule has 0 aromatic heterocycles. The van der Waals surface area contributed by atoms with E-state index in [0.717, 1.165) is 17.0 Å². The first kappa shape index (κ1) is 18.9. The summed E-state index contributed by atoms with van der Waals surface area (Å²) in [6.07, 6.45) is 0. The van der Waals surface area contributed by atoms with Crippen LogP contribution < -0.4 is 15.4 Å². The van der Waals surface area contributed by atoms with Crippen molar-refractivity contribution in [3.05, 3.63) is 59.2 Å². The predicted molar refractivity (Wildman–Crippen MR) is 106 cm³/mol. The van der Waals surface area contributed by atoms with Crippen LogP contribution in [0.4, 0.5) is 5.69 Å². The van der Waals surface area contributed by atoms with Gasteiger partial charge in [0, 0.05) is 11.3 Å². The second-order valence-corrected chi connectivity index (χ2v) is 6.86. The Labute approximate surface area is 154 Å². The lowest BCUT2D eigenvalue weighted by molar-refractivity contribution is 0.0977. The minimum Gasteiger partial charge on any atom is -0.493 e. The lowest BCUT2D eigenvalue weighted by atomic mass is 10.1. The largest absolute Gasteiger partial charge is 0.493 e. The lowest BCUT2D eigenvalue weighted by Gasteiger charge is -2.13. The molecule has 0 unspecified atom stereocenters. The van der Waals surface area contributed by atoms with E-state index in [-0.39, 0.29) is 11.0 Å². The normalized spacial score (nSPS) is 10.4. The van der Waals surface area contributed by atoms with Gasteiger partial charge in [-0.1, -0.05) is 31.5 Å². The van der Waals surface area contributed by atoms with Crippen LogP contribution in [0, 0.1) is 19.8 Å². The molecule has 132 valence electrons. The zero-order valence-electron chi connectivity index (χ0n) is 15.1. The minimum atomic E-state index is -0.252. The summed E-state index contributed by atoms with van der Waals surface area (Å²) in [4.78, 5) is 12.3. The van der Waals surface area contributed by atoms with E-state index in [1.165, 1.54) is 5.56 Å². The Morgan fingerprint density at radius 1 is 1.12 bits per heavy atom. The highest BCUT2D eigenvalue weighted by molar-refractivity contribution is 7.80. The molecule has 0 aliphatic carbocycles. The van der Waals surface area contributed by atoms with Crippen LogP contribution in [-0.2, 0) is 0 Å². The maximum atomic E-state index is 12.3. The average molecular weight is 356 g/mol. The fourth-order valence-electron chi connectivity index (χ4n) is 2.25. The molecule has 2 aromatic rings. The number of ether oxygens (including phenoxy) is 1. The van der Waals surface area contributed by atoms with Gasteiger partial charge in [-0.05, 0) is 67.9 Å². The highest BCUT2D eigenvalue weighted by Gasteiger charge is 2.09. The smallest absolute Gasteiger partial charge is 0.257 e. The Balaban J connectivity index is 1.93. The van der Waals surface area contributed by atoms with Crippen molar-refractivity contribution in [3.8, 4) is 5.75 Å². The van der Waals surface area contributed by atoms with Gasteiger partial charge in [-0.2, -0.15) is 0 Å². The van der Waals surface area contributed by atoms with Crippen LogP contribution in [0.2, 0.25) is 0 Å². The van der Waals surface area contributed by atoms with E-state index in [1.54, 1.807) is 24.3 Å². The summed E-state index contributed by atoms with van der Waals surface area (Å²) in [7, 11) is 0. The maximum Gasteiger partial charge on any atom is 0.257 e. The average Bonchev–Trinajstić information content (AvgIpc) is 2.56. The molecule has 5 heteroatoms. The Kier molecular flexibility index (Phi) is 6.53. The number of rotatable bonds is 5. The number of anilines is 1. The summed E-state index contributed by atoms with van der Waals surface area (Å²) in [5, 5.41) is 6.03. The molecule has 25 heavy (non-hydrogen) atoms. The molecule has 0 saturated heterocycles. The molecule has 0 spiro atoms. The number of carbonyl (C=O) groups excluding carboxylic acids is 1. The third-order valence-electron chi connectivity index (χ3n) is 3.56. The van der Waals surface area contributed by atoms with Crippen LogP contribution in [0.15, 0.2) is 42.5 Å². The fraction of sp³-hybridized carbons (Fsp3) is 0.300. The number of amides is 1. The molecule has 0 fully saturated rings. The van der Waals surface area contributed by atoms with Gasteiger partial charge in [-0.3, -0.25) is 10.1 Å². The van der Waals surface area contributed by atoms with E-state index in [4.69, 9.17) is 17.0 Å². The predicted octanol–water partition coefficient (Wildman–Crippen LogP) is 4.47. The van der Waals surface area contributed by atoms with Crippen LogP contribution in [-0.4, -0.2) is 17.6 Å². The Hall–Kier alpha value is -2.40. The number of nitrogens with one attached hydrogen (secondary N) is 2. The van der Waals surface area contributed by atoms with Gasteiger partial charge in [-0.15, -0.1) is 0 Å². The second kappa shape index (κ2) is 8.62.